The molecule has 4 rings (SSSR count). The summed E-state index contributed by atoms with van der Waals surface area (Å²) >= 11 is 0. The van der Waals surface area contributed by atoms with E-state index in [0.717, 1.165) is 0 Å². The summed E-state index contributed by atoms with van der Waals surface area (Å²) in [6.45, 7) is 4.35. The number of alkyl halides is 2. The zero-order valence-corrected chi connectivity index (χ0v) is 12.6. The highest BCUT2D eigenvalue weighted by Gasteiger charge is 2.62. The number of hydrogen-bond donors (Lipinski definition) is 0. The predicted molar refractivity (Wildman–Crippen MR) is 76.9 cm³/mol. The van der Waals surface area contributed by atoms with Crippen LogP contribution in [-0.2, 0) is 0 Å². The smallest absolute Gasteiger partial charge is 0.249 e. The molecule has 5 heteroatoms. The number of hydrogen-bond acceptors (Lipinski definition) is 3. The standard InChI is InChI=1S/C17H18F2N2O/c1-16(2)12(10-6-4-3-5-7-10)13(16)15-20-14(21-22-15)11-8-17(18,19)9-11/h3-7,11-13H,8-9H2,1-2H3/t12-,13+/m1/s1. The molecule has 2 aliphatic rings. The van der Waals surface area contributed by atoms with Crippen molar-refractivity contribution in [3.05, 3.63) is 47.6 Å². The predicted octanol–water partition coefficient (Wildman–Crippen LogP) is 4.49. The second-order valence-corrected chi connectivity index (χ2v) is 7.14. The average molecular weight is 304 g/mol. The third-order valence-electron chi connectivity index (χ3n) is 5.16. The minimum Gasteiger partial charge on any atom is -0.339 e. The lowest BCUT2D eigenvalue weighted by Gasteiger charge is -2.32. The number of aromatic nitrogens is 2. The van der Waals surface area contributed by atoms with E-state index < -0.39 is 5.92 Å². The third-order valence-corrected chi connectivity index (χ3v) is 5.16. The molecule has 1 aromatic heterocycles. The van der Waals surface area contributed by atoms with Crippen molar-refractivity contribution in [2.75, 3.05) is 0 Å². The quantitative estimate of drug-likeness (QED) is 0.838. The van der Waals surface area contributed by atoms with E-state index in [1.807, 2.05) is 18.2 Å². The molecule has 116 valence electrons. The van der Waals surface area contributed by atoms with Gasteiger partial charge in [-0.1, -0.05) is 49.3 Å². The zero-order valence-electron chi connectivity index (χ0n) is 12.6. The van der Waals surface area contributed by atoms with Crippen molar-refractivity contribution >= 4 is 0 Å². The van der Waals surface area contributed by atoms with Crippen molar-refractivity contribution in [3.8, 4) is 0 Å². The highest BCUT2D eigenvalue weighted by atomic mass is 19.3. The lowest BCUT2D eigenvalue weighted by molar-refractivity contribution is -0.0888. The van der Waals surface area contributed by atoms with Gasteiger partial charge in [0, 0.05) is 24.7 Å². The molecule has 0 amide bonds. The molecule has 0 saturated heterocycles. The molecule has 2 fully saturated rings. The Morgan fingerprint density at radius 2 is 1.77 bits per heavy atom. The van der Waals surface area contributed by atoms with Crippen LogP contribution in [0, 0.1) is 5.41 Å². The van der Waals surface area contributed by atoms with Crippen LogP contribution < -0.4 is 0 Å². The van der Waals surface area contributed by atoms with Gasteiger partial charge in [0.05, 0.1) is 5.92 Å². The van der Waals surface area contributed by atoms with Crippen LogP contribution in [0.1, 0.15) is 61.7 Å². The molecule has 3 nitrogen and oxygen atoms in total. The Bertz CT molecular complexity index is 688. The zero-order chi connectivity index (χ0) is 15.5. The SMILES string of the molecule is CC1(C)[C@H](c2ccccc2)[C@H]1c1nc(C2CC(F)(F)C2)no1. The number of nitrogens with zero attached hydrogens (tertiary/aromatic N) is 2. The number of benzene rings is 1. The molecule has 2 atom stereocenters. The fourth-order valence-electron chi connectivity index (χ4n) is 3.76. The first-order chi connectivity index (χ1) is 10.4. The van der Waals surface area contributed by atoms with Crippen LogP contribution in [0.15, 0.2) is 34.9 Å². The average Bonchev–Trinajstić information content (AvgIpc) is 2.82. The number of halogens is 2. The molecule has 2 saturated carbocycles. The van der Waals surface area contributed by atoms with Crippen molar-refractivity contribution < 1.29 is 13.3 Å². The molecule has 1 heterocycles. The largest absolute Gasteiger partial charge is 0.339 e. The fourth-order valence-corrected chi connectivity index (χ4v) is 3.76. The molecule has 0 spiro atoms. The van der Waals surface area contributed by atoms with Gasteiger partial charge in [0.25, 0.3) is 0 Å². The summed E-state index contributed by atoms with van der Waals surface area (Å²) in [6.07, 6.45) is -0.329. The topological polar surface area (TPSA) is 38.9 Å². The highest BCUT2D eigenvalue weighted by Crippen LogP contribution is 2.69. The van der Waals surface area contributed by atoms with Gasteiger partial charge in [-0.15, -0.1) is 0 Å². The van der Waals surface area contributed by atoms with Crippen LogP contribution in [0.4, 0.5) is 8.78 Å². The van der Waals surface area contributed by atoms with Gasteiger partial charge in [0.15, 0.2) is 5.82 Å². The Labute approximate surface area is 127 Å². The van der Waals surface area contributed by atoms with Gasteiger partial charge in [-0.05, 0) is 11.0 Å². The van der Waals surface area contributed by atoms with E-state index in [1.165, 1.54) is 5.56 Å². The van der Waals surface area contributed by atoms with Gasteiger partial charge in [0.2, 0.25) is 11.8 Å². The molecular formula is C17H18F2N2O. The van der Waals surface area contributed by atoms with Crippen LogP contribution in [-0.4, -0.2) is 16.1 Å². The van der Waals surface area contributed by atoms with Crippen molar-refractivity contribution in [1.29, 1.82) is 0 Å². The maximum atomic E-state index is 13.0. The van der Waals surface area contributed by atoms with Crippen molar-refractivity contribution in [3.63, 3.8) is 0 Å². The van der Waals surface area contributed by atoms with Crippen molar-refractivity contribution in [2.24, 2.45) is 5.41 Å². The molecule has 2 aromatic rings. The van der Waals surface area contributed by atoms with Crippen molar-refractivity contribution in [2.45, 2.75) is 50.4 Å². The first kappa shape index (κ1) is 13.9. The monoisotopic (exact) mass is 304 g/mol. The van der Waals surface area contributed by atoms with E-state index in [1.54, 1.807) is 0 Å². The maximum Gasteiger partial charge on any atom is 0.249 e. The lowest BCUT2D eigenvalue weighted by atomic mass is 9.81. The van der Waals surface area contributed by atoms with Crippen molar-refractivity contribution in [1.82, 2.24) is 10.1 Å². The maximum absolute atomic E-state index is 13.0. The van der Waals surface area contributed by atoms with E-state index in [9.17, 15) is 8.78 Å². The molecule has 0 radical (unpaired) electrons. The van der Waals surface area contributed by atoms with Crippen LogP contribution in [0.5, 0.6) is 0 Å². The van der Waals surface area contributed by atoms with Gasteiger partial charge >= 0.3 is 0 Å². The lowest BCUT2D eigenvalue weighted by Crippen LogP contribution is -2.34. The molecule has 2 aliphatic carbocycles. The summed E-state index contributed by atoms with van der Waals surface area (Å²) in [5, 5.41) is 3.94. The normalized spacial score (nSPS) is 29.1. The van der Waals surface area contributed by atoms with Gasteiger partial charge in [0.1, 0.15) is 0 Å². The summed E-state index contributed by atoms with van der Waals surface area (Å²) in [7, 11) is 0. The van der Waals surface area contributed by atoms with Gasteiger partial charge in [-0.25, -0.2) is 8.78 Å². The minimum absolute atomic E-state index is 0.0503. The van der Waals surface area contributed by atoms with E-state index in [4.69, 9.17) is 4.52 Å². The minimum atomic E-state index is -2.56. The Morgan fingerprint density at radius 1 is 1.09 bits per heavy atom. The summed E-state index contributed by atoms with van der Waals surface area (Å²) in [5.41, 5.74) is 1.31. The second-order valence-electron chi connectivity index (χ2n) is 7.14. The molecular weight excluding hydrogens is 286 g/mol. The molecule has 0 aliphatic heterocycles. The van der Waals surface area contributed by atoms with E-state index in [0.29, 0.717) is 17.6 Å². The summed E-state index contributed by atoms with van der Waals surface area (Å²) in [6, 6.07) is 10.3. The first-order valence-corrected chi connectivity index (χ1v) is 7.65. The Hall–Kier alpha value is -1.78. The Kier molecular flexibility index (Phi) is 2.75. The first-order valence-electron chi connectivity index (χ1n) is 7.65. The van der Waals surface area contributed by atoms with Crippen LogP contribution in [0.25, 0.3) is 0 Å². The van der Waals surface area contributed by atoms with Gasteiger partial charge in [-0.3, -0.25) is 0 Å². The van der Waals surface area contributed by atoms with E-state index >= 15 is 0 Å². The summed E-state index contributed by atoms with van der Waals surface area (Å²) < 4.78 is 31.3. The van der Waals surface area contributed by atoms with Crippen LogP contribution in [0.3, 0.4) is 0 Å². The van der Waals surface area contributed by atoms with Gasteiger partial charge < -0.3 is 4.52 Å². The Balaban J connectivity index is 1.55. The summed E-state index contributed by atoms with van der Waals surface area (Å²) in [4.78, 5) is 4.42. The van der Waals surface area contributed by atoms with Crippen LogP contribution >= 0.6 is 0 Å². The molecule has 0 unspecified atom stereocenters. The molecule has 0 bridgehead atoms. The van der Waals surface area contributed by atoms with E-state index in [2.05, 4.69) is 36.1 Å². The summed E-state index contributed by atoms with van der Waals surface area (Å²) in [5.74, 6) is -1.29. The highest BCUT2D eigenvalue weighted by molar-refractivity contribution is 5.37. The number of rotatable bonds is 3. The molecule has 0 N–H and O–H groups in total. The Morgan fingerprint density at radius 3 is 2.41 bits per heavy atom. The fraction of sp³-hybridized carbons (Fsp3) is 0.529. The third kappa shape index (κ3) is 2.06. The van der Waals surface area contributed by atoms with Crippen LogP contribution in [0.2, 0.25) is 0 Å². The van der Waals surface area contributed by atoms with E-state index in [-0.39, 0.29) is 30.1 Å². The molecule has 1 aromatic carbocycles. The van der Waals surface area contributed by atoms with Gasteiger partial charge in [-0.2, -0.15) is 4.98 Å². The molecule has 22 heavy (non-hydrogen) atoms. The second kappa shape index (κ2) is 4.37.